The van der Waals surface area contributed by atoms with Crippen molar-refractivity contribution in [3.05, 3.63) is 29.6 Å². The molecule has 3 nitrogen and oxygen atoms in total. The zero-order valence-corrected chi connectivity index (χ0v) is 9.24. The highest BCUT2D eigenvalue weighted by atomic mass is 19.1. The summed E-state index contributed by atoms with van der Waals surface area (Å²) in [5.74, 6) is 0.806. The van der Waals surface area contributed by atoms with E-state index in [1.165, 1.54) is 0 Å². The first-order chi connectivity index (χ1) is 7.76. The van der Waals surface area contributed by atoms with Crippen LogP contribution in [0.25, 0.3) is 0 Å². The second kappa shape index (κ2) is 4.60. The molecule has 0 aromatic carbocycles. The van der Waals surface area contributed by atoms with Gasteiger partial charge in [0.25, 0.3) is 0 Å². The Morgan fingerprint density at radius 3 is 3.00 bits per heavy atom. The standard InChI is InChI=1S/C12H15FN2O/c1-2-16-12(14)10-5-9(10)11-4-3-8(6-13)7-15-11/h3-4,7,9-10,14H,2,5-6H2,1H3. The number of aromatic nitrogens is 1. The third kappa shape index (κ3) is 2.21. The van der Waals surface area contributed by atoms with Gasteiger partial charge in [-0.05, 0) is 19.4 Å². The van der Waals surface area contributed by atoms with E-state index in [0.29, 0.717) is 18.1 Å². The van der Waals surface area contributed by atoms with Crippen LogP contribution >= 0.6 is 0 Å². The van der Waals surface area contributed by atoms with Crippen LogP contribution < -0.4 is 0 Å². The van der Waals surface area contributed by atoms with E-state index in [2.05, 4.69) is 4.98 Å². The van der Waals surface area contributed by atoms with E-state index in [4.69, 9.17) is 10.1 Å². The van der Waals surface area contributed by atoms with Crippen molar-refractivity contribution in [2.24, 2.45) is 5.92 Å². The second-order valence-corrected chi connectivity index (χ2v) is 3.97. The average Bonchev–Trinajstić information content (AvgIpc) is 3.09. The Morgan fingerprint density at radius 2 is 2.44 bits per heavy atom. The van der Waals surface area contributed by atoms with Crippen molar-refractivity contribution in [1.29, 1.82) is 5.41 Å². The normalized spacial score (nSPS) is 22.9. The molecule has 0 bridgehead atoms. The van der Waals surface area contributed by atoms with Gasteiger partial charge in [-0.25, -0.2) is 4.39 Å². The Balaban J connectivity index is 1.97. The summed E-state index contributed by atoms with van der Waals surface area (Å²) in [5, 5.41) is 7.65. The van der Waals surface area contributed by atoms with Crippen LogP contribution in [0, 0.1) is 11.3 Å². The quantitative estimate of drug-likeness (QED) is 0.628. The van der Waals surface area contributed by atoms with Gasteiger partial charge in [-0.1, -0.05) is 6.07 Å². The van der Waals surface area contributed by atoms with Gasteiger partial charge in [0.05, 0.1) is 6.61 Å². The Hall–Kier alpha value is -1.45. The zero-order chi connectivity index (χ0) is 11.5. The highest BCUT2D eigenvalue weighted by molar-refractivity contribution is 5.79. The van der Waals surface area contributed by atoms with Crippen molar-refractivity contribution in [2.75, 3.05) is 6.61 Å². The molecule has 2 atom stereocenters. The molecule has 1 aromatic heterocycles. The Labute approximate surface area is 94.2 Å². The number of hydrogen-bond acceptors (Lipinski definition) is 3. The van der Waals surface area contributed by atoms with Crippen molar-refractivity contribution >= 4 is 5.90 Å². The van der Waals surface area contributed by atoms with Gasteiger partial charge in [-0.3, -0.25) is 10.4 Å². The van der Waals surface area contributed by atoms with Crippen LogP contribution in [0.5, 0.6) is 0 Å². The van der Waals surface area contributed by atoms with E-state index in [1.54, 1.807) is 12.3 Å². The summed E-state index contributed by atoms with van der Waals surface area (Å²) >= 11 is 0. The second-order valence-electron chi connectivity index (χ2n) is 3.97. The van der Waals surface area contributed by atoms with Gasteiger partial charge in [-0.2, -0.15) is 0 Å². The summed E-state index contributed by atoms with van der Waals surface area (Å²) in [4.78, 5) is 4.21. The Morgan fingerprint density at radius 1 is 1.62 bits per heavy atom. The van der Waals surface area contributed by atoms with Crippen LogP contribution in [0.4, 0.5) is 4.39 Å². The van der Waals surface area contributed by atoms with Crippen LogP contribution in [0.2, 0.25) is 0 Å². The molecule has 1 N–H and O–H groups in total. The van der Waals surface area contributed by atoms with E-state index in [0.717, 1.165) is 12.1 Å². The molecule has 0 saturated heterocycles. The lowest BCUT2D eigenvalue weighted by atomic mass is 10.2. The van der Waals surface area contributed by atoms with Gasteiger partial charge < -0.3 is 4.74 Å². The van der Waals surface area contributed by atoms with E-state index in [1.807, 2.05) is 13.0 Å². The predicted molar refractivity (Wildman–Crippen MR) is 59.2 cm³/mol. The summed E-state index contributed by atoms with van der Waals surface area (Å²) in [5.41, 5.74) is 1.53. The van der Waals surface area contributed by atoms with E-state index in [-0.39, 0.29) is 11.8 Å². The lowest BCUT2D eigenvalue weighted by molar-refractivity contribution is 0.310. The number of halogens is 1. The van der Waals surface area contributed by atoms with E-state index in [9.17, 15) is 4.39 Å². The van der Waals surface area contributed by atoms with Gasteiger partial charge in [-0.15, -0.1) is 0 Å². The molecule has 1 aliphatic carbocycles. The Kier molecular flexibility index (Phi) is 3.17. The number of nitrogens with one attached hydrogen (secondary N) is 1. The van der Waals surface area contributed by atoms with Crippen LogP contribution in [-0.2, 0) is 11.4 Å². The summed E-state index contributed by atoms with van der Waals surface area (Å²) in [6.45, 7) is 1.94. The first-order valence-corrected chi connectivity index (χ1v) is 5.48. The fraction of sp³-hybridized carbons (Fsp3) is 0.500. The maximum absolute atomic E-state index is 12.3. The number of alkyl halides is 1. The van der Waals surface area contributed by atoms with Crippen LogP contribution in [-0.4, -0.2) is 17.5 Å². The van der Waals surface area contributed by atoms with Crippen molar-refractivity contribution in [3.8, 4) is 0 Å². The number of ether oxygens (including phenoxy) is 1. The number of pyridine rings is 1. The highest BCUT2D eigenvalue weighted by Gasteiger charge is 2.43. The summed E-state index contributed by atoms with van der Waals surface area (Å²) in [6, 6.07) is 3.60. The maximum atomic E-state index is 12.3. The lowest BCUT2D eigenvalue weighted by Gasteiger charge is -2.04. The maximum Gasteiger partial charge on any atom is 0.184 e. The lowest BCUT2D eigenvalue weighted by Crippen LogP contribution is -2.06. The average molecular weight is 222 g/mol. The summed E-state index contributed by atoms with van der Waals surface area (Å²) < 4.78 is 17.4. The van der Waals surface area contributed by atoms with E-state index >= 15 is 0 Å². The van der Waals surface area contributed by atoms with Gasteiger partial charge in [0.2, 0.25) is 0 Å². The molecule has 1 aliphatic rings. The van der Waals surface area contributed by atoms with Crippen LogP contribution in [0.1, 0.15) is 30.5 Å². The van der Waals surface area contributed by atoms with Gasteiger partial charge >= 0.3 is 0 Å². The molecule has 4 heteroatoms. The number of hydrogen-bond donors (Lipinski definition) is 1. The third-order valence-corrected chi connectivity index (χ3v) is 2.81. The van der Waals surface area contributed by atoms with Crippen molar-refractivity contribution in [3.63, 3.8) is 0 Å². The molecular formula is C12H15FN2O. The summed E-state index contributed by atoms with van der Waals surface area (Å²) in [7, 11) is 0. The zero-order valence-electron chi connectivity index (χ0n) is 9.24. The molecule has 2 unspecified atom stereocenters. The molecule has 0 aliphatic heterocycles. The van der Waals surface area contributed by atoms with Crippen molar-refractivity contribution in [2.45, 2.75) is 25.9 Å². The molecule has 2 rings (SSSR count). The van der Waals surface area contributed by atoms with Gasteiger partial charge in [0, 0.05) is 29.3 Å². The first-order valence-electron chi connectivity index (χ1n) is 5.48. The first kappa shape index (κ1) is 11.0. The van der Waals surface area contributed by atoms with Gasteiger partial charge in [0.1, 0.15) is 6.67 Å². The minimum atomic E-state index is -0.476. The minimum Gasteiger partial charge on any atom is -0.481 e. The van der Waals surface area contributed by atoms with Crippen LogP contribution in [0.15, 0.2) is 18.3 Å². The van der Waals surface area contributed by atoms with Crippen LogP contribution in [0.3, 0.4) is 0 Å². The fourth-order valence-electron chi connectivity index (χ4n) is 1.81. The fourth-order valence-corrected chi connectivity index (χ4v) is 1.81. The van der Waals surface area contributed by atoms with E-state index < -0.39 is 6.67 Å². The largest absolute Gasteiger partial charge is 0.481 e. The third-order valence-electron chi connectivity index (χ3n) is 2.81. The number of nitrogens with zero attached hydrogens (tertiary/aromatic N) is 1. The highest BCUT2D eigenvalue weighted by Crippen LogP contribution is 2.47. The molecule has 0 spiro atoms. The molecule has 1 aromatic rings. The molecule has 16 heavy (non-hydrogen) atoms. The molecule has 0 radical (unpaired) electrons. The monoisotopic (exact) mass is 222 g/mol. The van der Waals surface area contributed by atoms with Crippen molar-refractivity contribution < 1.29 is 9.13 Å². The predicted octanol–water partition coefficient (Wildman–Crippen LogP) is 2.67. The minimum absolute atomic E-state index is 0.170. The molecule has 1 fully saturated rings. The Bertz CT molecular complexity index is 377. The molecule has 1 saturated carbocycles. The van der Waals surface area contributed by atoms with Crippen molar-refractivity contribution in [1.82, 2.24) is 4.98 Å². The molecule has 86 valence electrons. The van der Waals surface area contributed by atoms with Gasteiger partial charge in [0.15, 0.2) is 5.90 Å². The molecular weight excluding hydrogens is 207 g/mol. The summed E-state index contributed by atoms with van der Waals surface area (Å²) in [6.07, 6.45) is 2.48. The molecule has 1 heterocycles. The molecule has 0 amide bonds. The number of rotatable bonds is 4. The topological polar surface area (TPSA) is 46.0 Å². The smallest absolute Gasteiger partial charge is 0.184 e. The SMILES string of the molecule is CCOC(=N)C1CC1c1ccc(CF)cn1.